The maximum Gasteiger partial charge on any atom is 0.247 e. The number of benzene rings is 1. The van der Waals surface area contributed by atoms with Gasteiger partial charge >= 0.3 is 0 Å². The molecular weight excluding hydrogens is 260 g/mol. The first-order valence-electron chi connectivity index (χ1n) is 8.22. The highest BCUT2D eigenvalue weighted by Crippen LogP contribution is 2.60. The van der Waals surface area contributed by atoms with Crippen LogP contribution in [0.25, 0.3) is 0 Å². The minimum atomic E-state index is -0.161. The number of nitrogens with zero attached hydrogens (tertiary/aromatic N) is 1. The minimum Gasteiger partial charge on any atom is -0.272 e. The molecule has 21 heavy (non-hydrogen) atoms. The molecule has 0 atom stereocenters. The van der Waals surface area contributed by atoms with Gasteiger partial charge < -0.3 is 0 Å². The molecule has 0 saturated heterocycles. The van der Waals surface area contributed by atoms with E-state index in [1.54, 1.807) is 0 Å². The highest BCUT2D eigenvalue weighted by atomic mass is 16.2. The van der Waals surface area contributed by atoms with Gasteiger partial charge in [-0.05, 0) is 74.8 Å². The van der Waals surface area contributed by atoms with Crippen molar-refractivity contribution in [1.82, 2.24) is 0 Å². The third-order valence-electron chi connectivity index (χ3n) is 6.09. The number of para-hydroxylation sites is 1. The van der Waals surface area contributed by atoms with Crippen LogP contribution in [0.3, 0.4) is 0 Å². The van der Waals surface area contributed by atoms with Crippen LogP contribution >= 0.6 is 0 Å². The monoisotopic (exact) mass is 284 g/mol. The van der Waals surface area contributed by atoms with Gasteiger partial charge in [0.25, 0.3) is 0 Å². The Bertz CT molecular complexity index is 545. The van der Waals surface area contributed by atoms with Crippen molar-refractivity contribution in [3.05, 3.63) is 29.8 Å². The summed E-state index contributed by atoms with van der Waals surface area (Å²) >= 11 is 0. The molecule has 0 unspecified atom stereocenters. The Morgan fingerprint density at radius 3 is 2.14 bits per heavy atom. The third kappa shape index (κ3) is 2.02. The average Bonchev–Trinajstić information content (AvgIpc) is 2.45. The molecule has 2 N–H and O–H groups in total. The molecule has 0 spiro atoms. The van der Waals surface area contributed by atoms with Gasteiger partial charge in [0.05, 0.1) is 11.1 Å². The molecule has 4 fully saturated rings. The van der Waals surface area contributed by atoms with Gasteiger partial charge in [-0.1, -0.05) is 18.2 Å². The zero-order chi connectivity index (χ0) is 14.6. The van der Waals surface area contributed by atoms with Crippen LogP contribution in [0.1, 0.15) is 44.1 Å². The zero-order valence-corrected chi connectivity index (χ0v) is 12.7. The van der Waals surface area contributed by atoms with E-state index in [0.717, 1.165) is 48.3 Å². The summed E-state index contributed by atoms with van der Waals surface area (Å²) in [4.78, 5) is 13.2. The van der Waals surface area contributed by atoms with Gasteiger partial charge in [-0.2, -0.15) is 0 Å². The van der Waals surface area contributed by atoms with Crippen molar-refractivity contribution in [1.29, 1.82) is 0 Å². The number of rotatable bonds is 2. The quantitative estimate of drug-likeness (QED) is 0.514. The SMILES string of the molecule is Cc1ccccc1N(N)C(=O)C12CC3CC(CC(C3)C1)C2. The molecule has 4 bridgehead atoms. The first-order valence-corrected chi connectivity index (χ1v) is 8.22. The summed E-state index contributed by atoms with van der Waals surface area (Å²) in [7, 11) is 0. The molecule has 5 rings (SSSR count). The van der Waals surface area contributed by atoms with E-state index in [-0.39, 0.29) is 11.3 Å². The highest BCUT2D eigenvalue weighted by Gasteiger charge is 2.55. The van der Waals surface area contributed by atoms with E-state index < -0.39 is 0 Å². The van der Waals surface area contributed by atoms with Crippen molar-refractivity contribution in [2.24, 2.45) is 29.0 Å². The van der Waals surface area contributed by atoms with Crippen molar-refractivity contribution < 1.29 is 4.79 Å². The van der Waals surface area contributed by atoms with Crippen LogP contribution in [0.15, 0.2) is 24.3 Å². The van der Waals surface area contributed by atoms with Crippen LogP contribution in [0.4, 0.5) is 5.69 Å². The van der Waals surface area contributed by atoms with Crippen LogP contribution in [0.5, 0.6) is 0 Å². The van der Waals surface area contributed by atoms with Gasteiger partial charge in [0, 0.05) is 0 Å². The lowest BCUT2D eigenvalue weighted by molar-refractivity contribution is -0.143. The standard InChI is InChI=1S/C18H24N2O/c1-12-4-2-3-5-16(12)20(19)17(21)18-9-13-6-14(10-18)8-15(7-13)11-18/h2-5,13-15H,6-11,19H2,1H3. The van der Waals surface area contributed by atoms with Crippen molar-refractivity contribution in [3.63, 3.8) is 0 Å². The molecule has 4 saturated carbocycles. The normalized spacial score (nSPS) is 36.8. The molecule has 112 valence electrons. The second-order valence-electron chi connectivity index (χ2n) is 7.66. The number of hydrogen-bond donors (Lipinski definition) is 1. The molecule has 3 nitrogen and oxygen atoms in total. The zero-order valence-electron chi connectivity index (χ0n) is 12.7. The largest absolute Gasteiger partial charge is 0.272 e. The van der Waals surface area contributed by atoms with E-state index in [1.807, 2.05) is 31.2 Å². The molecule has 1 amide bonds. The van der Waals surface area contributed by atoms with Crippen molar-refractivity contribution in [3.8, 4) is 0 Å². The van der Waals surface area contributed by atoms with Crippen molar-refractivity contribution in [2.75, 3.05) is 5.01 Å². The van der Waals surface area contributed by atoms with E-state index >= 15 is 0 Å². The molecule has 1 aromatic rings. The van der Waals surface area contributed by atoms with Crippen molar-refractivity contribution >= 4 is 11.6 Å². The number of nitrogens with two attached hydrogens (primary N) is 1. The smallest absolute Gasteiger partial charge is 0.247 e. The van der Waals surface area contributed by atoms with Gasteiger partial charge in [-0.25, -0.2) is 10.9 Å². The third-order valence-corrected chi connectivity index (χ3v) is 6.09. The first kappa shape index (κ1) is 13.3. The van der Waals surface area contributed by atoms with Crippen LogP contribution in [-0.2, 0) is 4.79 Å². The van der Waals surface area contributed by atoms with E-state index in [4.69, 9.17) is 5.84 Å². The summed E-state index contributed by atoms with van der Waals surface area (Å²) in [6.45, 7) is 2.02. The number of anilines is 1. The highest BCUT2D eigenvalue weighted by molar-refractivity contribution is 5.97. The van der Waals surface area contributed by atoms with E-state index in [9.17, 15) is 4.79 Å². The topological polar surface area (TPSA) is 46.3 Å². The number of hydrogen-bond acceptors (Lipinski definition) is 2. The maximum atomic E-state index is 13.2. The van der Waals surface area contributed by atoms with Crippen molar-refractivity contribution in [2.45, 2.75) is 45.4 Å². The number of amides is 1. The number of aryl methyl sites for hydroxylation is 1. The van der Waals surface area contributed by atoms with Crippen LogP contribution in [-0.4, -0.2) is 5.91 Å². The van der Waals surface area contributed by atoms with Crippen LogP contribution in [0, 0.1) is 30.1 Å². The van der Waals surface area contributed by atoms with E-state index in [0.29, 0.717) is 0 Å². The Balaban J connectivity index is 1.64. The lowest BCUT2D eigenvalue weighted by atomic mass is 9.49. The molecule has 0 aromatic heterocycles. The number of carbonyl (C=O) groups excluding carboxylic acids is 1. The minimum absolute atomic E-state index is 0.161. The lowest BCUT2D eigenvalue weighted by Gasteiger charge is -2.56. The number of carbonyl (C=O) groups is 1. The average molecular weight is 284 g/mol. The summed E-state index contributed by atoms with van der Waals surface area (Å²) < 4.78 is 0. The van der Waals surface area contributed by atoms with Crippen LogP contribution in [0.2, 0.25) is 0 Å². The van der Waals surface area contributed by atoms with Crippen LogP contribution < -0.4 is 10.9 Å². The van der Waals surface area contributed by atoms with Gasteiger partial charge in [0.1, 0.15) is 0 Å². The molecule has 0 aliphatic heterocycles. The molecule has 3 heteroatoms. The van der Waals surface area contributed by atoms with Gasteiger partial charge in [0.2, 0.25) is 5.91 Å². The second-order valence-corrected chi connectivity index (χ2v) is 7.66. The fraction of sp³-hybridized carbons (Fsp3) is 0.611. The first-order chi connectivity index (χ1) is 10.1. The van der Waals surface area contributed by atoms with Gasteiger partial charge in [0.15, 0.2) is 0 Å². The summed E-state index contributed by atoms with van der Waals surface area (Å²) in [6, 6.07) is 7.91. The molecule has 1 aromatic carbocycles. The molecular formula is C18H24N2O. The summed E-state index contributed by atoms with van der Waals surface area (Å²) in [6.07, 6.45) is 7.25. The van der Waals surface area contributed by atoms with Gasteiger partial charge in [-0.15, -0.1) is 0 Å². The summed E-state index contributed by atoms with van der Waals surface area (Å²) in [5.74, 6) is 8.71. The molecule has 4 aliphatic rings. The lowest BCUT2D eigenvalue weighted by Crippen LogP contribution is -2.56. The Hall–Kier alpha value is -1.35. The molecule has 0 radical (unpaired) electrons. The Labute approximate surface area is 126 Å². The fourth-order valence-corrected chi connectivity index (χ4v) is 5.57. The predicted octanol–water partition coefficient (Wildman–Crippen LogP) is 3.42. The fourth-order valence-electron chi connectivity index (χ4n) is 5.57. The Kier molecular flexibility index (Phi) is 2.90. The molecule has 4 aliphatic carbocycles. The maximum absolute atomic E-state index is 13.2. The number of hydrazine groups is 1. The molecule has 0 heterocycles. The summed E-state index contributed by atoms with van der Waals surface area (Å²) in [5, 5.41) is 1.45. The van der Waals surface area contributed by atoms with Gasteiger partial charge in [-0.3, -0.25) is 4.79 Å². The predicted molar refractivity (Wildman–Crippen MR) is 83.5 cm³/mol. The summed E-state index contributed by atoms with van der Waals surface area (Å²) in [5.41, 5.74) is 1.77. The van der Waals surface area contributed by atoms with E-state index in [2.05, 4.69) is 0 Å². The Morgan fingerprint density at radius 1 is 1.10 bits per heavy atom. The second kappa shape index (κ2) is 4.57. The Morgan fingerprint density at radius 2 is 1.62 bits per heavy atom. The van der Waals surface area contributed by atoms with E-state index in [1.165, 1.54) is 24.3 Å².